The van der Waals surface area contributed by atoms with Crippen molar-refractivity contribution in [2.75, 3.05) is 5.88 Å². The van der Waals surface area contributed by atoms with Crippen molar-refractivity contribution in [1.29, 1.82) is 0 Å². The van der Waals surface area contributed by atoms with Crippen LogP contribution in [0.25, 0.3) is 11.0 Å². The molecule has 74 valence electrons. The van der Waals surface area contributed by atoms with E-state index in [9.17, 15) is 4.39 Å². The third-order valence-corrected chi connectivity index (χ3v) is 2.68. The molecule has 0 saturated heterocycles. The molecule has 2 aromatic rings. The number of fused-ring (bicyclic) bond motifs is 1. The minimum absolute atomic E-state index is 0.316. The standard InChI is InChI=1S/C9H6BrClFNO/c10-7-4-5(12)3-6-8(1-2-11)13-14-9(6)7/h3-4H,1-2H2. The molecular formula is C9H6BrClFNO. The van der Waals surface area contributed by atoms with Gasteiger partial charge in [0.05, 0.1) is 10.2 Å². The Bertz CT molecular complexity index is 471. The van der Waals surface area contributed by atoms with Gasteiger partial charge in [0, 0.05) is 17.7 Å². The molecule has 0 amide bonds. The normalized spacial score (nSPS) is 11.1. The van der Waals surface area contributed by atoms with Gasteiger partial charge < -0.3 is 4.52 Å². The number of aryl methyl sites for hydroxylation is 1. The fraction of sp³-hybridized carbons (Fsp3) is 0.222. The van der Waals surface area contributed by atoms with E-state index in [-0.39, 0.29) is 5.82 Å². The minimum atomic E-state index is -0.316. The van der Waals surface area contributed by atoms with Crippen molar-refractivity contribution in [1.82, 2.24) is 5.16 Å². The highest BCUT2D eigenvalue weighted by Crippen LogP contribution is 2.28. The lowest BCUT2D eigenvalue weighted by Gasteiger charge is -1.93. The van der Waals surface area contributed by atoms with Crippen LogP contribution in [0, 0.1) is 5.82 Å². The Morgan fingerprint density at radius 2 is 2.29 bits per heavy atom. The SMILES string of the molecule is Fc1cc(Br)c2onc(CCCl)c2c1. The average Bonchev–Trinajstić information content (AvgIpc) is 2.49. The topological polar surface area (TPSA) is 26.0 Å². The zero-order chi connectivity index (χ0) is 10.1. The molecule has 1 aromatic carbocycles. The van der Waals surface area contributed by atoms with Crippen molar-refractivity contribution < 1.29 is 8.91 Å². The van der Waals surface area contributed by atoms with E-state index in [1.165, 1.54) is 12.1 Å². The molecule has 0 bridgehead atoms. The van der Waals surface area contributed by atoms with E-state index in [2.05, 4.69) is 21.1 Å². The Labute approximate surface area is 93.1 Å². The maximum absolute atomic E-state index is 13.1. The summed E-state index contributed by atoms with van der Waals surface area (Å²) in [4.78, 5) is 0. The van der Waals surface area contributed by atoms with Crippen LogP contribution >= 0.6 is 27.5 Å². The Hall–Kier alpha value is -0.610. The first-order valence-corrected chi connectivity index (χ1v) is 5.34. The lowest BCUT2D eigenvalue weighted by Crippen LogP contribution is -1.86. The molecule has 2 rings (SSSR count). The predicted molar refractivity (Wildman–Crippen MR) is 56.1 cm³/mol. The number of aromatic nitrogens is 1. The summed E-state index contributed by atoms with van der Waals surface area (Å²) in [6.07, 6.45) is 0.574. The zero-order valence-corrected chi connectivity index (χ0v) is 9.40. The minimum Gasteiger partial charge on any atom is -0.355 e. The summed E-state index contributed by atoms with van der Waals surface area (Å²) in [5.41, 5.74) is 1.25. The first-order valence-electron chi connectivity index (χ1n) is 4.01. The summed E-state index contributed by atoms with van der Waals surface area (Å²) in [5.74, 6) is 0.124. The third-order valence-electron chi connectivity index (χ3n) is 1.90. The predicted octanol–water partition coefficient (Wildman–Crippen LogP) is 3.51. The van der Waals surface area contributed by atoms with Gasteiger partial charge >= 0.3 is 0 Å². The summed E-state index contributed by atoms with van der Waals surface area (Å²) < 4.78 is 18.7. The summed E-state index contributed by atoms with van der Waals surface area (Å²) >= 11 is 8.79. The lowest BCUT2D eigenvalue weighted by molar-refractivity contribution is 0.446. The van der Waals surface area contributed by atoms with E-state index in [4.69, 9.17) is 16.1 Å². The molecule has 0 aliphatic heterocycles. The third kappa shape index (κ3) is 1.64. The summed E-state index contributed by atoms with van der Waals surface area (Å²) in [6, 6.07) is 2.75. The molecule has 2 nitrogen and oxygen atoms in total. The van der Waals surface area contributed by atoms with Gasteiger partial charge in [-0.05, 0) is 28.1 Å². The quantitative estimate of drug-likeness (QED) is 0.786. The van der Waals surface area contributed by atoms with Crippen LogP contribution in [0.1, 0.15) is 5.69 Å². The van der Waals surface area contributed by atoms with Gasteiger partial charge in [0.2, 0.25) is 0 Å². The van der Waals surface area contributed by atoms with E-state index < -0.39 is 0 Å². The molecular weight excluding hydrogens is 272 g/mol. The second kappa shape index (κ2) is 3.87. The summed E-state index contributed by atoms with van der Waals surface area (Å²) in [5, 5.41) is 4.51. The van der Waals surface area contributed by atoms with Gasteiger partial charge in [-0.3, -0.25) is 0 Å². The second-order valence-corrected chi connectivity index (χ2v) is 4.06. The van der Waals surface area contributed by atoms with Gasteiger partial charge in [0.15, 0.2) is 5.58 Å². The number of halogens is 3. The summed E-state index contributed by atoms with van der Waals surface area (Å²) in [7, 11) is 0. The zero-order valence-electron chi connectivity index (χ0n) is 7.06. The first-order chi connectivity index (χ1) is 6.72. The molecule has 1 heterocycles. The van der Waals surface area contributed by atoms with E-state index in [1.807, 2.05) is 0 Å². The van der Waals surface area contributed by atoms with Gasteiger partial charge in [-0.2, -0.15) is 0 Å². The van der Waals surface area contributed by atoms with Crippen molar-refractivity contribution in [3.05, 3.63) is 28.1 Å². The number of hydrogen-bond donors (Lipinski definition) is 0. The second-order valence-electron chi connectivity index (χ2n) is 2.83. The van der Waals surface area contributed by atoms with Gasteiger partial charge in [-0.25, -0.2) is 4.39 Å². The molecule has 14 heavy (non-hydrogen) atoms. The molecule has 0 unspecified atom stereocenters. The molecule has 0 aliphatic rings. The van der Waals surface area contributed by atoms with E-state index in [1.54, 1.807) is 0 Å². The Morgan fingerprint density at radius 3 is 3.00 bits per heavy atom. The van der Waals surface area contributed by atoms with Crippen LogP contribution in [-0.4, -0.2) is 11.0 Å². The van der Waals surface area contributed by atoms with Crippen LogP contribution in [0.5, 0.6) is 0 Å². The Balaban J connectivity index is 2.66. The molecule has 0 aliphatic carbocycles. The first kappa shape index (κ1) is 9.93. The van der Waals surface area contributed by atoms with Gasteiger partial charge in [-0.15, -0.1) is 11.6 Å². The maximum atomic E-state index is 13.1. The molecule has 0 radical (unpaired) electrons. The van der Waals surface area contributed by atoms with Gasteiger partial charge in [0.1, 0.15) is 5.82 Å². The maximum Gasteiger partial charge on any atom is 0.181 e. The Morgan fingerprint density at radius 1 is 1.50 bits per heavy atom. The van der Waals surface area contributed by atoms with Crippen LogP contribution in [-0.2, 0) is 6.42 Å². The smallest absolute Gasteiger partial charge is 0.181 e. The molecule has 0 N–H and O–H groups in total. The van der Waals surface area contributed by atoms with Crippen LogP contribution in [0.15, 0.2) is 21.1 Å². The fourth-order valence-electron chi connectivity index (χ4n) is 1.29. The van der Waals surface area contributed by atoms with E-state index >= 15 is 0 Å². The molecule has 0 spiro atoms. The van der Waals surface area contributed by atoms with Crippen LogP contribution in [0.4, 0.5) is 4.39 Å². The summed E-state index contributed by atoms with van der Waals surface area (Å²) in [6.45, 7) is 0. The highest BCUT2D eigenvalue weighted by Gasteiger charge is 2.11. The van der Waals surface area contributed by atoms with E-state index in [0.717, 1.165) is 0 Å². The largest absolute Gasteiger partial charge is 0.355 e. The number of alkyl halides is 1. The van der Waals surface area contributed by atoms with Gasteiger partial charge in [-0.1, -0.05) is 5.16 Å². The molecule has 0 saturated carbocycles. The molecule has 0 atom stereocenters. The van der Waals surface area contributed by atoms with Crippen LogP contribution < -0.4 is 0 Å². The number of nitrogens with zero attached hydrogens (tertiary/aromatic N) is 1. The number of benzene rings is 1. The average molecular weight is 279 g/mol. The molecule has 5 heteroatoms. The van der Waals surface area contributed by atoms with Crippen molar-refractivity contribution in [2.24, 2.45) is 0 Å². The van der Waals surface area contributed by atoms with Crippen molar-refractivity contribution in [2.45, 2.75) is 6.42 Å². The Kier molecular flexibility index (Phi) is 2.74. The molecule has 0 fully saturated rings. The highest BCUT2D eigenvalue weighted by atomic mass is 79.9. The van der Waals surface area contributed by atoms with Crippen LogP contribution in [0.2, 0.25) is 0 Å². The highest BCUT2D eigenvalue weighted by molar-refractivity contribution is 9.10. The van der Waals surface area contributed by atoms with E-state index in [0.29, 0.717) is 33.4 Å². The number of rotatable bonds is 2. The molecule has 1 aromatic heterocycles. The van der Waals surface area contributed by atoms with Crippen LogP contribution in [0.3, 0.4) is 0 Å². The van der Waals surface area contributed by atoms with Crippen molar-refractivity contribution in [3.63, 3.8) is 0 Å². The van der Waals surface area contributed by atoms with Crippen molar-refractivity contribution >= 4 is 38.5 Å². The monoisotopic (exact) mass is 277 g/mol. The number of hydrogen-bond acceptors (Lipinski definition) is 2. The lowest BCUT2D eigenvalue weighted by atomic mass is 10.2. The van der Waals surface area contributed by atoms with Gasteiger partial charge in [0.25, 0.3) is 0 Å². The van der Waals surface area contributed by atoms with Crippen molar-refractivity contribution in [3.8, 4) is 0 Å². The fourth-order valence-corrected chi connectivity index (χ4v) is 1.97.